The van der Waals surface area contributed by atoms with Gasteiger partial charge in [0.05, 0.1) is 12.7 Å². The number of aliphatic hydroxyl groups is 1. The predicted molar refractivity (Wildman–Crippen MR) is 72.5 cm³/mol. The standard InChI is InChI=1S/C14H20N2O2/c1-18-10-13(17)5-6-15-9-11-2-3-12-4-7-16-14(12)8-11/h2-4,7-8,13,15-17H,5-6,9-10H2,1H3. The molecule has 0 fully saturated rings. The fourth-order valence-electron chi connectivity index (χ4n) is 1.98. The first-order chi connectivity index (χ1) is 8.79. The summed E-state index contributed by atoms with van der Waals surface area (Å²) in [4.78, 5) is 3.20. The Bertz CT molecular complexity index is 481. The van der Waals surface area contributed by atoms with E-state index in [4.69, 9.17) is 4.74 Å². The highest BCUT2D eigenvalue weighted by Gasteiger charge is 2.02. The lowest BCUT2D eigenvalue weighted by Crippen LogP contribution is -2.22. The van der Waals surface area contributed by atoms with Gasteiger partial charge in [-0.3, -0.25) is 0 Å². The molecule has 0 spiro atoms. The van der Waals surface area contributed by atoms with Gasteiger partial charge in [-0.1, -0.05) is 12.1 Å². The Balaban J connectivity index is 1.76. The Hall–Kier alpha value is -1.36. The Morgan fingerprint density at radius 1 is 1.39 bits per heavy atom. The minimum Gasteiger partial charge on any atom is -0.391 e. The second-order valence-electron chi connectivity index (χ2n) is 4.47. The van der Waals surface area contributed by atoms with Crippen LogP contribution in [0.3, 0.4) is 0 Å². The molecule has 0 saturated carbocycles. The number of hydrogen-bond donors (Lipinski definition) is 3. The zero-order chi connectivity index (χ0) is 12.8. The van der Waals surface area contributed by atoms with Crippen LogP contribution in [-0.4, -0.2) is 36.5 Å². The van der Waals surface area contributed by atoms with Crippen LogP contribution in [0.15, 0.2) is 30.5 Å². The molecule has 0 aliphatic heterocycles. The van der Waals surface area contributed by atoms with Crippen molar-refractivity contribution >= 4 is 10.9 Å². The van der Waals surface area contributed by atoms with Gasteiger partial charge in [-0.2, -0.15) is 0 Å². The predicted octanol–water partition coefficient (Wildman–Crippen LogP) is 1.65. The van der Waals surface area contributed by atoms with Crippen molar-refractivity contribution in [2.75, 3.05) is 20.3 Å². The maximum Gasteiger partial charge on any atom is 0.0785 e. The van der Waals surface area contributed by atoms with E-state index in [0.717, 1.165) is 18.6 Å². The summed E-state index contributed by atoms with van der Waals surface area (Å²) in [6, 6.07) is 8.44. The highest BCUT2D eigenvalue weighted by molar-refractivity contribution is 5.79. The lowest BCUT2D eigenvalue weighted by Gasteiger charge is -2.10. The minimum absolute atomic E-state index is 0.381. The lowest BCUT2D eigenvalue weighted by molar-refractivity contribution is 0.0594. The van der Waals surface area contributed by atoms with E-state index >= 15 is 0 Å². The van der Waals surface area contributed by atoms with Crippen molar-refractivity contribution in [3.05, 3.63) is 36.0 Å². The minimum atomic E-state index is -0.381. The second kappa shape index (κ2) is 6.54. The van der Waals surface area contributed by atoms with E-state index < -0.39 is 0 Å². The van der Waals surface area contributed by atoms with E-state index in [0.29, 0.717) is 13.0 Å². The van der Waals surface area contributed by atoms with Crippen LogP contribution in [0.5, 0.6) is 0 Å². The lowest BCUT2D eigenvalue weighted by atomic mass is 10.1. The maximum atomic E-state index is 9.49. The molecular weight excluding hydrogens is 228 g/mol. The van der Waals surface area contributed by atoms with Crippen molar-refractivity contribution in [1.29, 1.82) is 0 Å². The van der Waals surface area contributed by atoms with Crippen molar-refractivity contribution in [2.24, 2.45) is 0 Å². The van der Waals surface area contributed by atoms with Gasteiger partial charge in [-0.25, -0.2) is 0 Å². The summed E-state index contributed by atoms with van der Waals surface area (Å²) in [6.07, 6.45) is 2.27. The summed E-state index contributed by atoms with van der Waals surface area (Å²) in [7, 11) is 1.60. The van der Waals surface area contributed by atoms with Crippen LogP contribution < -0.4 is 5.32 Å². The summed E-state index contributed by atoms with van der Waals surface area (Å²) in [5.41, 5.74) is 2.40. The van der Waals surface area contributed by atoms with Crippen LogP contribution in [0.25, 0.3) is 10.9 Å². The number of aliphatic hydroxyl groups excluding tert-OH is 1. The Morgan fingerprint density at radius 3 is 3.11 bits per heavy atom. The molecule has 18 heavy (non-hydrogen) atoms. The van der Waals surface area contributed by atoms with Gasteiger partial charge in [-0.05, 0) is 36.0 Å². The Morgan fingerprint density at radius 2 is 2.28 bits per heavy atom. The van der Waals surface area contributed by atoms with Gasteiger partial charge >= 0.3 is 0 Å². The number of aromatic amines is 1. The number of ether oxygens (including phenoxy) is 1. The largest absolute Gasteiger partial charge is 0.391 e. The van der Waals surface area contributed by atoms with E-state index in [1.165, 1.54) is 10.9 Å². The molecule has 1 atom stereocenters. The molecule has 4 heteroatoms. The molecular formula is C14H20N2O2. The van der Waals surface area contributed by atoms with Crippen LogP contribution in [-0.2, 0) is 11.3 Å². The molecule has 2 aromatic rings. The summed E-state index contributed by atoms with van der Waals surface area (Å²) >= 11 is 0. The van der Waals surface area contributed by atoms with E-state index in [-0.39, 0.29) is 6.10 Å². The molecule has 1 unspecified atom stereocenters. The van der Waals surface area contributed by atoms with E-state index in [1.54, 1.807) is 7.11 Å². The third-order valence-corrected chi connectivity index (χ3v) is 2.96. The highest BCUT2D eigenvalue weighted by Crippen LogP contribution is 2.13. The average Bonchev–Trinajstić information content (AvgIpc) is 2.82. The average molecular weight is 248 g/mol. The normalized spacial score (nSPS) is 13.0. The summed E-state index contributed by atoms with van der Waals surface area (Å²) in [5.74, 6) is 0. The van der Waals surface area contributed by atoms with E-state index in [1.807, 2.05) is 6.20 Å². The molecule has 2 rings (SSSR count). The van der Waals surface area contributed by atoms with Gasteiger partial charge in [-0.15, -0.1) is 0 Å². The molecule has 1 aromatic heterocycles. The molecule has 0 aliphatic rings. The summed E-state index contributed by atoms with van der Waals surface area (Å²) < 4.78 is 4.88. The first kappa shape index (κ1) is 13.1. The Kier molecular flexibility index (Phi) is 4.75. The number of H-pyrrole nitrogens is 1. The molecule has 0 aliphatic carbocycles. The smallest absolute Gasteiger partial charge is 0.0785 e. The van der Waals surface area contributed by atoms with Gasteiger partial charge in [0.2, 0.25) is 0 Å². The summed E-state index contributed by atoms with van der Waals surface area (Å²) in [5, 5.41) is 14.0. The van der Waals surface area contributed by atoms with Crippen LogP contribution in [0.2, 0.25) is 0 Å². The second-order valence-corrected chi connectivity index (χ2v) is 4.47. The first-order valence-corrected chi connectivity index (χ1v) is 6.23. The molecule has 0 radical (unpaired) electrons. The van der Waals surface area contributed by atoms with Crippen molar-refractivity contribution in [3.8, 4) is 0 Å². The van der Waals surface area contributed by atoms with Crippen molar-refractivity contribution in [2.45, 2.75) is 19.1 Å². The van der Waals surface area contributed by atoms with Crippen molar-refractivity contribution in [1.82, 2.24) is 10.3 Å². The van der Waals surface area contributed by atoms with E-state index in [9.17, 15) is 5.11 Å². The van der Waals surface area contributed by atoms with Gasteiger partial charge in [0.15, 0.2) is 0 Å². The molecule has 1 heterocycles. The fraction of sp³-hybridized carbons (Fsp3) is 0.429. The molecule has 1 aromatic carbocycles. The number of rotatable bonds is 7. The van der Waals surface area contributed by atoms with Gasteiger partial charge < -0.3 is 20.1 Å². The van der Waals surface area contributed by atoms with Crippen molar-refractivity contribution < 1.29 is 9.84 Å². The van der Waals surface area contributed by atoms with Gasteiger partial charge in [0, 0.05) is 25.4 Å². The third kappa shape index (κ3) is 3.57. The van der Waals surface area contributed by atoms with Crippen LogP contribution in [0.4, 0.5) is 0 Å². The highest BCUT2D eigenvalue weighted by atomic mass is 16.5. The zero-order valence-electron chi connectivity index (χ0n) is 10.6. The number of benzene rings is 1. The summed E-state index contributed by atoms with van der Waals surface area (Å²) in [6.45, 7) is 2.00. The topological polar surface area (TPSA) is 57.3 Å². The fourth-order valence-corrected chi connectivity index (χ4v) is 1.98. The van der Waals surface area contributed by atoms with Crippen LogP contribution in [0, 0.1) is 0 Å². The SMILES string of the molecule is COCC(O)CCNCc1ccc2cc[nH]c2c1. The number of aromatic nitrogens is 1. The van der Waals surface area contributed by atoms with Crippen LogP contribution >= 0.6 is 0 Å². The number of nitrogens with one attached hydrogen (secondary N) is 2. The maximum absolute atomic E-state index is 9.49. The Labute approximate surface area is 107 Å². The number of hydrogen-bond acceptors (Lipinski definition) is 3. The zero-order valence-corrected chi connectivity index (χ0v) is 10.6. The molecule has 0 saturated heterocycles. The molecule has 0 bridgehead atoms. The molecule has 4 nitrogen and oxygen atoms in total. The molecule has 0 amide bonds. The number of fused-ring (bicyclic) bond motifs is 1. The molecule has 98 valence electrons. The van der Waals surface area contributed by atoms with Crippen molar-refractivity contribution in [3.63, 3.8) is 0 Å². The van der Waals surface area contributed by atoms with Gasteiger partial charge in [0.25, 0.3) is 0 Å². The van der Waals surface area contributed by atoms with E-state index in [2.05, 4.69) is 34.6 Å². The van der Waals surface area contributed by atoms with Crippen LogP contribution in [0.1, 0.15) is 12.0 Å². The molecule has 3 N–H and O–H groups in total. The first-order valence-electron chi connectivity index (χ1n) is 6.23. The number of methoxy groups -OCH3 is 1. The third-order valence-electron chi connectivity index (χ3n) is 2.96. The monoisotopic (exact) mass is 248 g/mol. The van der Waals surface area contributed by atoms with Gasteiger partial charge in [0.1, 0.15) is 0 Å². The quantitative estimate of drug-likeness (QED) is 0.653.